The van der Waals surface area contributed by atoms with Gasteiger partial charge in [-0.2, -0.15) is 5.10 Å². The lowest BCUT2D eigenvalue weighted by Gasteiger charge is -2.19. The Kier molecular flexibility index (Phi) is 3.34. The van der Waals surface area contributed by atoms with Crippen molar-refractivity contribution in [1.29, 1.82) is 0 Å². The van der Waals surface area contributed by atoms with Crippen molar-refractivity contribution in [3.63, 3.8) is 0 Å². The second kappa shape index (κ2) is 4.68. The Balaban J connectivity index is 2.17. The van der Waals surface area contributed by atoms with Gasteiger partial charge in [0.15, 0.2) is 5.82 Å². The van der Waals surface area contributed by atoms with Gasteiger partial charge < -0.3 is 4.74 Å². The fourth-order valence-corrected chi connectivity index (χ4v) is 1.67. The molecule has 0 unspecified atom stereocenters. The molecule has 1 N–H and O–H groups in total. The molecule has 1 saturated carbocycles. The number of anilines is 1. The van der Waals surface area contributed by atoms with Crippen LogP contribution in [0.15, 0.2) is 10.9 Å². The molecule has 1 aliphatic rings. The maximum Gasteiger partial charge on any atom is 0.413 e. The third kappa shape index (κ3) is 3.56. The number of rotatable bonds is 2. The van der Waals surface area contributed by atoms with Crippen LogP contribution in [-0.2, 0) is 4.74 Å². The van der Waals surface area contributed by atoms with Crippen LogP contribution in [0.25, 0.3) is 0 Å². The van der Waals surface area contributed by atoms with Crippen molar-refractivity contribution in [3.05, 3.63) is 22.0 Å². The molecule has 0 spiro atoms. The van der Waals surface area contributed by atoms with Gasteiger partial charge in [0.05, 0.1) is 6.04 Å². The highest BCUT2D eigenvalue weighted by Gasteiger charge is 2.27. The summed E-state index contributed by atoms with van der Waals surface area (Å²) in [5.74, 6) is 0.346. The summed E-state index contributed by atoms with van der Waals surface area (Å²) in [6.07, 6.45) is 1.35. The van der Waals surface area contributed by atoms with Crippen molar-refractivity contribution < 1.29 is 9.53 Å². The first-order valence-electron chi connectivity index (χ1n) is 6.37. The molecule has 6 nitrogen and oxygen atoms in total. The van der Waals surface area contributed by atoms with E-state index in [1.807, 2.05) is 0 Å². The average Bonchev–Trinajstić information content (AvgIpc) is 3.03. The van der Waals surface area contributed by atoms with E-state index in [1.54, 1.807) is 33.8 Å². The summed E-state index contributed by atoms with van der Waals surface area (Å²) >= 11 is 0. The SMILES string of the molecule is Cc1cc(NC(=O)OC(C)(C)C)nn(C2CC2)c1=O. The maximum absolute atomic E-state index is 11.9. The Labute approximate surface area is 111 Å². The predicted octanol–water partition coefficient (Wildman–Crippen LogP) is 2.23. The van der Waals surface area contributed by atoms with Gasteiger partial charge in [-0.25, -0.2) is 9.48 Å². The van der Waals surface area contributed by atoms with Crippen LogP contribution in [0.2, 0.25) is 0 Å². The molecule has 2 rings (SSSR count). The Morgan fingerprint density at radius 1 is 1.47 bits per heavy atom. The van der Waals surface area contributed by atoms with E-state index in [9.17, 15) is 9.59 Å². The fourth-order valence-electron chi connectivity index (χ4n) is 1.67. The molecule has 0 bridgehead atoms. The number of hydrogen-bond donors (Lipinski definition) is 1. The first-order chi connectivity index (χ1) is 8.76. The molecule has 0 atom stereocenters. The number of carbonyl (C=O) groups excluding carboxylic acids is 1. The van der Waals surface area contributed by atoms with E-state index < -0.39 is 11.7 Å². The van der Waals surface area contributed by atoms with E-state index in [0.29, 0.717) is 11.4 Å². The second-order valence-corrected chi connectivity index (χ2v) is 5.82. The van der Waals surface area contributed by atoms with Crippen LogP contribution in [0.3, 0.4) is 0 Å². The van der Waals surface area contributed by atoms with E-state index in [-0.39, 0.29) is 11.6 Å². The second-order valence-electron chi connectivity index (χ2n) is 5.82. The number of carbonyl (C=O) groups is 1. The molecule has 1 aromatic heterocycles. The lowest BCUT2D eigenvalue weighted by Crippen LogP contribution is -2.30. The number of amides is 1. The molecule has 0 aromatic carbocycles. The molecule has 6 heteroatoms. The quantitative estimate of drug-likeness (QED) is 0.890. The van der Waals surface area contributed by atoms with E-state index in [0.717, 1.165) is 12.8 Å². The molecule has 104 valence electrons. The summed E-state index contributed by atoms with van der Waals surface area (Å²) in [5, 5.41) is 6.71. The zero-order valence-electron chi connectivity index (χ0n) is 11.7. The van der Waals surface area contributed by atoms with Crippen LogP contribution in [0.5, 0.6) is 0 Å². The summed E-state index contributed by atoms with van der Waals surface area (Å²) in [7, 11) is 0. The highest BCUT2D eigenvalue weighted by atomic mass is 16.6. The summed E-state index contributed by atoms with van der Waals surface area (Å²) in [6.45, 7) is 7.08. The monoisotopic (exact) mass is 265 g/mol. The van der Waals surface area contributed by atoms with E-state index in [2.05, 4.69) is 10.4 Å². The van der Waals surface area contributed by atoms with Gasteiger partial charge in [-0.1, -0.05) is 0 Å². The third-order valence-electron chi connectivity index (χ3n) is 2.64. The van der Waals surface area contributed by atoms with Gasteiger partial charge >= 0.3 is 6.09 Å². The van der Waals surface area contributed by atoms with Gasteiger partial charge in [0.1, 0.15) is 5.60 Å². The van der Waals surface area contributed by atoms with Crippen molar-refractivity contribution >= 4 is 11.9 Å². The Hall–Kier alpha value is -1.85. The molecular formula is C13H19N3O3. The van der Waals surface area contributed by atoms with Crippen molar-refractivity contribution in [2.45, 2.75) is 52.2 Å². The van der Waals surface area contributed by atoms with Crippen LogP contribution >= 0.6 is 0 Å². The van der Waals surface area contributed by atoms with Crippen molar-refractivity contribution in [3.8, 4) is 0 Å². The number of nitrogens with one attached hydrogen (secondary N) is 1. The number of nitrogens with zero attached hydrogens (tertiary/aromatic N) is 2. The summed E-state index contributed by atoms with van der Waals surface area (Å²) in [5.41, 5.74) is -0.102. The minimum absolute atomic E-state index is 0.0998. The topological polar surface area (TPSA) is 73.2 Å². The minimum atomic E-state index is -0.569. The van der Waals surface area contributed by atoms with Crippen LogP contribution < -0.4 is 10.9 Å². The third-order valence-corrected chi connectivity index (χ3v) is 2.64. The summed E-state index contributed by atoms with van der Waals surface area (Å²) in [4.78, 5) is 23.5. The first kappa shape index (κ1) is 13.6. The number of aromatic nitrogens is 2. The van der Waals surface area contributed by atoms with Crippen molar-refractivity contribution in [2.75, 3.05) is 5.32 Å². The highest BCUT2D eigenvalue weighted by Crippen LogP contribution is 2.32. The molecule has 1 aliphatic carbocycles. The zero-order chi connectivity index (χ0) is 14.2. The molecule has 1 amide bonds. The molecule has 1 heterocycles. The minimum Gasteiger partial charge on any atom is -0.444 e. The van der Waals surface area contributed by atoms with Gasteiger partial charge in [-0.3, -0.25) is 10.1 Å². The highest BCUT2D eigenvalue weighted by molar-refractivity contribution is 5.83. The average molecular weight is 265 g/mol. The van der Waals surface area contributed by atoms with Crippen LogP contribution in [0, 0.1) is 6.92 Å². The van der Waals surface area contributed by atoms with Gasteiger partial charge in [0.2, 0.25) is 0 Å². The molecule has 19 heavy (non-hydrogen) atoms. The molecule has 0 saturated heterocycles. The largest absolute Gasteiger partial charge is 0.444 e. The summed E-state index contributed by atoms with van der Waals surface area (Å²) in [6, 6.07) is 1.73. The first-order valence-corrected chi connectivity index (χ1v) is 6.37. The van der Waals surface area contributed by atoms with Crippen LogP contribution in [0.1, 0.15) is 45.2 Å². The van der Waals surface area contributed by atoms with Gasteiger partial charge in [-0.05, 0) is 46.6 Å². The fraction of sp³-hybridized carbons (Fsp3) is 0.615. The number of aryl methyl sites for hydroxylation is 1. The lowest BCUT2D eigenvalue weighted by molar-refractivity contribution is 0.0635. The predicted molar refractivity (Wildman–Crippen MR) is 71.4 cm³/mol. The van der Waals surface area contributed by atoms with Crippen molar-refractivity contribution in [2.24, 2.45) is 0 Å². The Morgan fingerprint density at radius 2 is 2.11 bits per heavy atom. The molecule has 1 aromatic rings. The van der Waals surface area contributed by atoms with Crippen LogP contribution in [0.4, 0.5) is 10.6 Å². The van der Waals surface area contributed by atoms with Crippen LogP contribution in [-0.4, -0.2) is 21.5 Å². The lowest BCUT2D eigenvalue weighted by atomic mass is 10.2. The standard InChI is InChI=1S/C13H19N3O3/c1-8-7-10(14-12(18)19-13(2,3)4)15-16(11(8)17)9-5-6-9/h7,9H,5-6H2,1-4H3,(H,14,15,18). The molecule has 0 radical (unpaired) electrons. The molecule has 0 aliphatic heterocycles. The van der Waals surface area contributed by atoms with Crippen molar-refractivity contribution in [1.82, 2.24) is 9.78 Å². The number of hydrogen-bond acceptors (Lipinski definition) is 4. The van der Waals surface area contributed by atoms with Gasteiger partial charge in [-0.15, -0.1) is 0 Å². The normalized spacial score (nSPS) is 15.2. The van der Waals surface area contributed by atoms with E-state index >= 15 is 0 Å². The maximum atomic E-state index is 11.9. The Bertz CT molecular complexity index is 553. The van der Waals surface area contributed by atoms with E-state index in [4.69, 9.17) is 4.74 Å². The zero-order valence-corrected chi connectivity index (χ0v) is 11.7. The summed E-state index contributed by atoms with van der Waals surface area (Å²) < 4.78 is 6.60. The van der Waals surface area contributed by atoms with E-state index in [1.165, 1.54) is 4.68 Å². The Morgan fingerprint density at radius 3 is 2.63 bits per heavy atom. The number of ether oxygens (including phenoxy) is 1. The molecule has 1 fully saturated rings. The smallest absolute Gasteiger partial charge is 0.413 e. The molecular weight excluding hydrogens is 246 g/mol. The van der Waals surface area contributed by atoms with Gasteiger partial charge in [0, 0.05) is 5.56 Å². The van der Waals surface area contributed by atoms with Gasteiger partial charge in [0.25, 0.3) is 5.56 Å².